The fraction of sp³-hybridized carbons (Fsp3) is 0.273. The number of carbonyl (C=O) groups is 1. The third-order valence-electron chi connectivity index (χ3n) is 2.19. The highest BCUT2D eigenvalue weighted by molar-refractivity contribution is 5.96. The van der Waals surface area contributed by atoms with Gasteiger partial charge in [0.2, 0.25) is 0 Å². The zero-order valence-electron chi connectivity index (χ0n) is 9.72. The van der Waals surface area contributed by atoms with E-state index >= 15 is 0 Å². The predicted molar refractivity (Wildman–Crippen MR) is 58.7 cm³/mol. The maximum atomic E-state index is 12.6. The number of halogens is 2. The third-order valence-corrected chi connectivity index (χ3v) is 2.19. The average Bonchev–Trinajstić information content (AvgIpc) is 2.36. The van der Waals surface area contributed by atoms with Gasteiger partial charge in [-0.15, -0.1) is 0 Å². The first-order valence-electron chi connectivity index (χ1n) is 5.10. The topological polar surface area (TPSA) is 93.2 Å². The van der Waals surface area contributed by atoms with Crippen molar-refractivity contribution in [2.24, 2.45) is 0 Å². The Balaban J connectivity index is 3.55. The molecule has 0 heterocycles. The largest absolute Gasteiger partial charge is 0.462 e. The van der Waals surface area contributed by atoms with Crippen LogP contribution in [-0.2, 0) is 4.74 Å². The molecule has 0 radical (unpaired) electrons. The first-order valence-corrected chi connectivity index (χ1v) is 5.10. The molecule has 1 aromatic rings. The van der Waals surface area contributed by atoms with Gasteiger partial charge in [-0.2, -0.15) is 5.26 Å². The minimum Gasteiger partial charge on any atom is -0.462 e. The Bertz CT molecular complexity index is 567. The van der Waals surface area contributed by atoms with E-state index in [4.69, 9.17) is 5.26 Å². The molecule has 8 heteroatoms. The van der Waals surface area contributed by atoms with Crippen LogP contribution in [0.15, 0.2) is 12.1 Å². The minimum absolute atomic E-state index is 0.0581. The molecule has 0 aliphatic carbocycles. The van der Waals surface area contributed by atoms with Gasteiger partial charge in [-0.05, 0) is 13.0 Å². The van der Waals surface area contributed by atoms with E-state index in [1.807, 2.05) is 0 Å². The summed E-state index contributed by atoms with van der Waals surface area (Å²) in [6.45, 7) is 1.42. The number of alkyl halides is 2. The van der Waals surface area contributed by atoms with Gasteiger partial charge in [0, 0.05) is 11.6 Å². The number of hydrogen-bond donors (Lipinski definition) is 0. The van der Waals surface area contributed by atoms with Crippen LogP contribution >= 0.6 is 0 Å². The molecule has 0 saturated heterocycles. The Morgan fingerprint density at radius 3 is 2.63 bits per heavy atom. The van der Waals surface area contributed by atoms with Crippen LogP contribution in [-0.4, -0.2) is 17.5 Å². The van der Waals surface area contributed by atoms with Crippen LogP contribution in [0, 0.1) is 21.4 Å². The molecule has 0 bridgehead atoms. The van der Waals surface area contributed by atoms with E-state index in [-0.39, 0.29) is 6.61 Å². The summed E-state index contributed by atoms with van der Waals surface area (Å²) in [7, 11) is 0. The van der Waals surface area contributed by atoms with E-state index < -0.39 is 39.7 Å². The van der Waals surface area contributed by atoms with Gasteiger partial charge in [-0.3, -0.25) is 10.1 Å². The number of hydrogen-bond acceptors (Lipinski definition) is 5. The van der Waals surface area contributed by atoms with Crippen molar-refractivity contribution in [2.75, 3.05) is 6.61 Å². The van der Waals surface area contributed by atoms with Gasteiger partial charge < -0.3 is 4.74 Å². The van der Waals surface area contributed by atoms with Crippen LogP contribution in [0.3, 0.4) is 0 Å². The summed E-state index contributed by atoms with van der Waals surface area (Å²) < 4.78 is 29.7. The van der Waals surface area contributed by atoms with Crippen LogP contribution in [0.4, 0.5) is 14.5 Å². The van der Waals surface area contributed by atoms with Crippen LogP contribution in [0.1, 0.15) is 34.8 Å². The molecule has 19 heavy (non-hydrogen) atoms. The number of carbonyl (C=O) groups excluding carboxylic acids is 1. The second-order valence-corrected chi connectivity index (χ2v) is 3.35. The quantitative estimate of drug-likeness (QED) is 0.476. The van der Waals surface area contributed by atoms with Crippen molar-refractivity contribution in [1.82, 2.24) is 0 Å². The van der Waals surface area contributed by atoms with Gasteiger partial charge >= 0.3 is 5.97 Å². The number of esters is 1. The lowest BCUT2D eigenvalue weighted by atomic mass is 10.0. The first-order chi connectivity index (χ1) is 8.92. The Hall–Kier alpha value is -2.56. The monoisotopic (exact) mass is 270 g/mol. The molecule has 0 amide bonds. The number of nitriles is 1. The van der Waals surface area contributed by atoms with Gasteiger partial charge in [0.1, 0.15) is 6.07 Å². The molecule has 0 fully saturated rings. The lowest BCUT2D eigenvalue weighted by Crippen LogP contribution is -2.11. The molecule has 6 nitrogen and oxygen atoms in total. The molecule has 0 aliphatic rings. The van der Waals surface area contributed by atoms with Crippen molar-refractivity contribution in [2.45, 2.75) is 13.3 Å². The molecule has 0 unspecified atom stereocenters. The minimum atomic E-state index is -2.98. The molecule has 1 aromatic carbocycles. The predicted octanol–water partition coefficient (Wildman–Crippen LogP) is 2.58. The van der Waals surface area contributed by atoms with Crippen molar-refractivity contribution in [3.63, 3.8) is 0 Å². The van der Waals surface area contributed by atoms with Crippen molar-refractivity contribution < 1.29 is 23.2 Å². The van der Waals surface area contributed by atoms with Crippen LogP contribution in [0.5, 0.6) is 0 Å². The lowest BCUT2D eigenvalue weighted by Gasteiger charge is -2.07. The van der Waals surface area contributed by atoms with E-state index in [1.54, 1.807) is 0 Å². The fourth-order valence-electron chi connectivity index (χ4n) is 1.42. The number of rotatable bonds is 4. The molecule has 0 saturated carbocycles. The molecule has 0 N–H and O–H groups in total. The number of nitro benzene ring substituents is 1. The zero-order valence-corrected chi connectivity index (χ0v) is 9.72. The summed E-state index contributed by atoms with van der Waals surface area (Å²) in [6, 6.07) is 2.79. The number of ether oxygens (including phenoxy) is 1. The summed E-state index contributed by atoms with van der Waals surface area (Å²) in [4.78, 5) is 21.4. The Kier molecular flexibility index (Phi) is 4.47. The maximum Gasteiger partial charge on any atom is 0.346 e. The van der Waals surface area contributed by atoms with Crippen LogP contribution < -0.4 is 0 Å². The second kappa shape index (κ2) is 5.86. The van der Waals surface area contributed by atoms with Gasteiger partial charge in [-0.1, -0.05) is 0 Å². The van der Waals surface area contributed by atoms with E-state index in [0.717, 1.165) is 6.07 Å². The highest BCUT2D eigenvalue weighted by Crippen LogP contribution is 2.30. The molecule has 0 aromatic heterocycles. The molecule has 0 atom stereocenters. The zero-order chi connectivity index (χ0) is 14.6. The number of nitro groups is 1. The van der Waals surface area contributed by atoms with E-state index in [0.29, 0.717) is 6.07 Å². The Labute approximate surface area is 106 Å². The normalized spacial score (nSPS) is 10.1. The lowest BCUT2D eigenvalue weighted by molar-refractivity contribution is -0.385. The van der Waals surface area contributed by atoms with Gasteiger partial charge in [0.25, 0.3) is 12.1 Å². The summed E-state index contributed by atoms with van der Waals surface area (Å²) in [5, 5.41) is 19.6. The van der Waals surface area contributed by atoms with E-state index in [9.17, 15) is 23.7 Å². The van der Waals surface area contributed by atoms with Gasteiger partial charge in [0.15, 0.2) is 5.56 Å². The maximum absolute atomic E-state index is 12.6. The van der Waals surface area contributed by atoms with Crippen molar-refractivity contribution in [1.29, 1.82) is 5.26 Å². The van der Waals surface area contributed by atoms with Crippen molar-refractivity contribution in [3.05, 3.63) is 38.9 Å². The van der Waals surface area contributed by atoms with Crippen LogP contribution in [0.25, 0.3) is 0 Å². The summed E-state index contributed by atoms with van der Waals surface area (Å²) >= 11 is 0. The standard InChI is InChI=1S/C11H8F2N2O4/c1-2-19-11(16)9-7(5-14)3-6(10(12)13)4-8(9)15(17)18/h3-4,10H,2H2,1H3. The molecule has 0 spiro atoms. The molecule has 100 valence electrons. The summed E-state index contributed by atoms with van der Waals surface area (Å²) in [5.74, 6) is -1.09. The highest BCUT2D eigenvalue weighted by atomic mass is 19.3. The molecular formula is C11H8F2N2O4. The number of benzene rings is 1. The fourth-order valence-corrected chi connectivity index (χ4v) is 1.42. The molecule has 0 aliphatic heterocycles. The SMILES string of the molecule is CCOC(=O)c1c(C#N)cc(C(F)F)cc1[N+](=O)[O-]. The summed E-state index contributed by atoms with van der Waals surface area (Å²) in [5.41, 5.74) is -2.69. The van der Waals surface area contributed by atoms with E-state index in [1.165, 1.54) is 13.0 Å². The van der Waals surface area contributed by atoms with E-state index in [2.05, 4.69) is 4.74 Å². The number of nitrogens with zero attached hydrogens (tertiary/aromatic N) is 2. The third kappa shape index (κ3) is 3.01. The van der Waals surface area contributed by atoms with Crippen molar-refractivity contribution in [3.8, 4) is 6.07 Å². The van der Waals surface area contributed by atoms with Crippen LogP contribution in [0.2, 0.25) is 0 Å². The second-order valence-electron chi connectivity index (χ2n) is 3.35. The molecule has 1 rings (SSSR count). The van der Waals surface area contributed by atoms with Crippen molar-refractivity contribution >= 4 is 11.7 Å². The Morgan fingerprint density at radius 1 is 1.58 bits per heavy atom. The van der Waals surface area contributed by atoms with Gasteiger partial charge in [-0.25, -0.2) is 13.6 Å². The Morgan fingerprint density at radius 2 is 2.21 bits per heavy atom. The summed E-state index contributed by atoms with van der Waals surface area (Å²) in [6.07, 6.45) is -2.98. The smallest absolute Gasteiger partial charge is 0.346 e. The molecular weight excluding hydrogens is 262 g/mol. The average molecular weight is 270 g/mol. The first kappa shape index (κ1) is 14.5. The van der Waals surface area contributed by atoms with Gasteiger partial charge in [0.05, 0.1) is 17.1 Å². The highest BCUT2D eigenvalue weighted by Gasteiger charge is 2.28.